The number of amides is 2. The molecule has 2 amide bonds. The molecule has 0 spiro atoms. The Morgan fingerprint density at radius 3 is 2.45 bits per heavy atom. The second-order valence-corrected chi connectivity index (χ2v) is 5.02. The Balaban J connectivity index is 0.00000116. The van der Waals surface area contributed by atoms with E-state index in [1.165, 1.54) is 4.90 Å². The molecule has 0 saturated carbocycles. The molecule has 2 rings (SSSR count). The van der Waals surface area contributed by atoms with Gasteiger partial charge in [0.05, 0.1) is 19.8 Å². The van der Waals surface area contributed by atoms with E-state index in [0.717, 1.165) is 5.56 Å². The summed E-state index contributed by atoms with van der Waals surface area (Å²) in [7, 11) is 1.66. The fourth-order valence-corrected chi connectivity index (χ4v) is 2.19. The van der Waals surface area contributed by atoms with E-state index < -0.39 is 0 Å². The van der Waals surface area contributed by atoms with E-state index in [1.54, 1.807) is 18.0 Å². The number of hydrogen-bond donors (Lipinski definition) is 0. The lowest BCUT2D eigenvalue weighted by atomic mass is 10.1. The molecular weight excluding hydrogens is 280 g/mol. The summed E-state index contributed by atoms with van der Waals surface area (Å²) in [5.41, 5.74) is 1.64. The maximum absolute atomic E-state index is 12.2. The molecule has 0 radical (unpaired) electrons. The van der Waals surface area contributed by atoms with E-state index in [0.29, 0.717) is 31.9 Å². The van der Waals surface area contributed by atoms with Crippen LogP contribution in [0.4, 0.5) is 0 Å². The van der Waals surface area contributed by atoms with Gasteiger partial charge in [0.25, 0.3) is 5.91 Å². The van der Waals surface area contributed by atoms with Crippen molar-refractivity contribution in [3.05, 3.63) is 35.4 Å². The highest BCUT2D eigenvalue weighted by Crippen LogP contribution is 2.07. The molecule has 122 valence electrons. The van der Waals surface area contributed by atoms with Crippen LogP contribution in [0, 0.1) is 6.92 Å². The first kappa shape index (κ1) is 18.2. The van der Waals surface area contributed by atoms with Gasteiger partial charge in [0.15, 0.2) is 0 Å². The highest BCUT2D eigenvalue weighted by molar-refractivity contribution is 5.96. The van der Waals surface area contributed by atoms with Crippen molar-refractivity contribution in [3.8, 4) is 0 Å². The summed E-state index contributed by atoms with van der Waals surface area (Å²) in [6, 6.07) is 7.39. The van der Waals surface area contributed by atoms with Crippen LogP contribution >= 0.6 is 0 Å². The van der Waals surface area contributed by atoms with Crippen molar-refractivity contribution in [2.45, 2.75) is 20.8 Å². The maximum Gasteiger partial charge on any atom is 0.254 e. The quantitative estimate of drug-likeness (QED) is 0.857. The second kappa shape index (κ2) is 9.20. The van der Waals surface area contributed by atoms with Crippen LogP contribution in [0.25, 0.3) is 0 Å². The van der Waals surface area contributed by atoms with Crippen LogP contribution in [0.1, 0.15) is 29.8 Å². The number of benzene rings is 1. The van der Waals surface area contributed by atoms with Crippen LogP contribution in [0.15, 0.2) is 24.3 Å². The van der Waals surface area contributed by atoms with E-state index in [9.17, 15) is 9.59 Å². The van der Waals surface area contributed by atoms with Gasteiger partial charge in [-0.05, 0) is 19.1 Å². The third kappa shape index (κ3) is 5.15. The molecule has 1 heterocycles. The standard InChI is InChI=1S/C15H20N2O3.C2H6/c1-12-4-3-5-13(10-12)15(19)16(2)11-14(18)17-6-8-20-9-7-17;1-2/h3-5,10H,6-9,11H2,1-2H3;1-2H3. The minimum atomic E-state index is -0.129. The molecule has 1 fully saturated rings. The molecule has 1 saturated heterocycles. The van der Waals surface area contributed by atoms with Crippen LogP contribution in [-0.2, 0) is 9.53 Å². The van der Waals surface area contributed by atoms with Crippen LogP contribution < -0.4 is 0 Å². The van der Waals surface area contributed by atoms with Crippen LogP contribution in [0.2, 0.25) is 0 Å². The van der Waals surface area contributed by atoms with Gasteiger partial charge in [-0.1, -0.05) is 31.5 Å². The summed E-state index contributed by atoms with van der Waals surface area (Å²) in [4.78, 5) is 27.5. The van der Waals surface area contributed by atoms with Gasteiger partial charge in [0.2, 0.25) is 5.91 Å². The molecule has 0 atom stereocenters. The van der Waals surface area contributed by atoms with Crippen molar-refractivity contribution < 1.29 is 14.3 Å². The van der Waals surface area contributed by atoms with Crippen molar-refractivity contribution in [2.75, 3.05) is 39.9 Å². The zero-order valence-corrected chi connectivity index (χ0v) is 14.0. The number of ether oxygens (including phenoxy) is 1. The Kier molecular flexibility index (Phi) is 7.60. The summed E-state index contributed by atoms with van der Waals surface area (Å²) in [5.74, 6) is -0.160. The maximum atomic E-state index is 12.2. The molecule has 0 aromatic heterocycles. The largest absolute Gasteiger partial charge is 0.378 e. The number of likely N-dealkylation sites (N-methyl/N-ethyl adjacent to an activating group) is 1. The lowest BCUT2D eigenvalue weighted by Crippen LogP contribution is -2.46. The summed E-state index contributed by atoms with van der Waals surface area (Å²) in [6.45, 7) is 8.39. The van der Waals surface area contributed by atoms with Gasteiger partial charge in [-0.2, -0.15) is 0 Å². The summed E-state index contributed by atoms with van der Waals surface area (Å²) >= 11 is 0. The van der Waals surface area contributed by atoms with Gasteiger partial charge in [0, 0.05) is 25.7 Å². The predicted molar refractivity (Wildman–Crippen MR) is 86.9 cm³/mol. The van der Waals surface area contributed by atoms with Crippen LogP contribution in [0.5, 0.6) is 0 Å². The van der Waals surface area contributed by atoms with Crippen molar-refractivity contribution in [1.82, 2.24) is 9.80 Å². The van der Waals surface area contributed by atoms with E-state index in [4.69, 9.17) is 4.74 Å². The lowest BCUT2D eigenvalue weighted by molar-refractivity contribution is -0.135. The number of carbonyl (C=O) groups excluding carboxylic acids is 2. The summed E-state index contributed by atoms with van der Waals surface area (Å²) < 4.78 is 5.21. The normalized spacial score (nSPS) is 13.9. The third-order valence-corrected chi connectivity index (χ3v) is 3.35. The van der Waals surface area contributed by atoms with Gasteiger partial charge in [-0.3, -0.25) is 9.59 Å². The fourth-order valence-electron chi connectivity index (χ4n) is 2.19. The number of aryl methyl sites for hydroxylation is 1. The first-order chi connectivity index (χ1) is 10.6. The van der Waals surface area contributed by atoms with Gasteiger partial charge < -0.3 is 14.5 Å². The summed E-state index contributed by atoms with van der Waals surface area (Å²) in [5, 5.41) is 0. The molecule has 5 nitrogen and oxygen atoms in total. The molecule has 0 bridgehead atoms. The Morgan fingerprint density at radius 1 is 1.23 bits per heavy atom. The molecule has 1 aliphatic heterocycles. The van der Waals surface area contributed by atoms with E-state index in [2.05, 4.69) is 0 Å². The molecule has 0 aliphatic carbocycles. The molecule has 22 heavy (non-hydrogen) atoms. The number of nitrogens with zero attached hydrogens (tertiary/aromatic N) is 2. The van der Waals surface area contributed by atoms with E-state index in [-0.39, 0.29) is 18.4 Å². The molecule has 0 N–H and O–H groups in total. The average Bonchev–Trinajstić information content (AvgIpc) is 2.56. The number of carbonyl (C=O) groups is 2. The van der Waals surface area contributed by atoms with Crippen molar-refractivity contribution in [2.24, 2.45) is 0 Å². The van der Waals surface area contributed by atoms with E-state index in [1.807, 2.05) is 39.0 Å². The van der Waals surface area contributed by atoms with Crippen molar-refractivity contribution in [1.29, 1.82) is 0 Å². The monoisotopic (exact) mass is 306 g/mol. The number of morpholine rings is 1. The predicted octanol–water partition coefficient (Wildman–Crippen LogP) is 1.95. The zero-order valence-electron chi connectivity index (χ0n) is 14.0. The lowest BCUT2D eigenvalue weighted by Gasteiger charge is -2.28. The molecule has 1 aromatic carbocycles. The number of rotatable bonds is 3. The zero-order chi connectivity index (χ0) is 16.5. The fraction of sp³-hybridized carbons (Fsp3) is 0.529. The average molecular weight is 306 g/mol. The van der Waals surface area contributed by atoms with Gasteiger partial charge in [-0.25, -0.2) is 0 Å². The molecule has 5 heteroatoms. The molecular formula is C17H26N2O3. The Labute approximate surface area is 132 Å². The van der Waals surface area contributed by atoms with Gasteiger partial charge in [0.1, 0.15) is 0 Å². The SMILES string of the molecule is CC.Cc1cccc(C(=O)N(C)CC(=O)N2CCOCC2)c1. The Bertz CT molecular complexity index is 496. The summed E-state index contributed by atoms with van der Waals surface area (Å²) in [6.07, 6.45) is 0. The van der Waals surface area contributed by atoms with Crippen molar-refractivity contribution >= 4 is 11.8 Å². The number of hydrogen-bond acceptors (Lipinski definition) is 3. The van der Waals surface area contributed by atoms with E-state index >= 15 is 0 Å². The Morgan fingerprint density at radius 2 is 1.86 bits per heavy atom. The van der Waals surface area contributed by atoms with Crippen molar-refractivity contribution in [3.63, 3.8) is 0 Å². The Hall–Kier alpha value is -1.88. The van der Waals surface area contributed by atoms with Crippen LogP contribution in [-0.4, -0.2) is 61.5 Å². The third-order valence-electron chi connectivity index (χ3n) is 3.35. The second-order valence-electron chi connectivity index (χ2n) is 5.02. The first-order valence-corrected chi connectivity index (χ1v) is 7.75. The molecule has 1 aliphatic rings. The minimum absolute atomic E-state index is 0.0307. The highest BCUT2D eigenvalue weighted by atomic mass is 16.5. The molecule has 1 aromatic rings. The highest BCUT2D eigenvalue weighted by Gasteiger charge is 2.21. The van der Waals surface area contributed by atoms with Gasteiger partial charge in [-0.15, -0.1) is 0 Å². The van der Waals surface area contributed by atoms with Crippen LogP contribution in [0.3, 0.4) is 0 Å². The first-order valence-electron chi connectivity index (χ1n) is 7.75. The minimum Gasteiger partial charge on any atom is -0.378 e. The topological polar surface area (TPSA) is 49.9 Å². The van der Waals surface area contributed by atoms with Gasteiger partial charge >= 0.3 is 0 Å². The smallest absolute Gasteiger partial charge is 0.254 e. The molecule has 0 unspecified atom stereocenters.